The lowest BCUT2D eigenvalue weighted by Crippen LogP contribution is -2.46. The number of hydrogen-bond donors (Lipinski definition) is 1. The second kappa shape index (κ2) is 7.04. The molecule has 1 N–H and O–H groups in total. The number of ether oxygens (including phenoxy) is 1. The first-order valence-corrected chi connectivity index (χ1v) is 9.20. The van der Waals surface area contributed by atoms with Gasteiger partial charge in [0.2, 0.25) is 0 Å². The number of methoxy groups -OCH3 is 1. The van der Waals surface area contributed by atoms with E-state index in [0.29, 0.717) is 18.8 Å². The fourth-order valence-electron chi connectivity index (χ4n) is 3.88. The Morgan fingerprint density at radius 3 is 2.52 bits per heavy atom. The zero-order valence-corrected chi connectivity index (χ0v) is 15.7. The van der Waals surface area contributed by atoms with Gasteiger partial charge in [0.05, 0.1) is 11.3 Å². The number of nitrogens with one attached hydrogen (secondary N) is 1. The minimum atomic E-state index is -0.319. The summed E-state index contributed by atoms with van der Waals surface area (Å²) in [5.74, 6) is -0.0132. The average Bonchev–Trinajstić information content (AvgIpc) is 3.37. The molecule has 0 saturated carbocycles. The summed E-state index contributed by atoms with van der Waals surface area (Å²) in [5.41, 5.74) is 3.13. The molecular weight excluding hydrogens is 340 g/mol. The van der Waals surface area contributed by atoms with Crippen LogP contribution in [0.2, 0.25) is 0 Å². The van der Waals surface area contributed by atoms with E-state index in [4.69, 9.17) is 4.74 Å². The number of hydrogen-bond acceptors (Lipinski definition) is 3. The van der Waals surface area contributed by atoms with Crippen LogP contribution in [0.5, 0.6) is 0 Å². The van der Waals surface area contributed by atoms with Crippen LogP contribution < -0.4 is 0 Å². The summed E-state index contributed by atoms with van der Waals surface area (Å²) in [6.07, 6.45) is 3.51. The van der Waals surface area contributed by atoms with Gasteiger partial charge >= 0.3 is 0 Å². The van der Waals surface area contributed by atoms with Crippen molar-refractivity contribution in [3.8, 4) is 11.4 Å². The molecule has 1 aliphatic heterocycles. The number of rotatable bonds is 4. The molecule has 0 atom stereocenters. The van der Waals surface area contributed by atoms with E-state index in [-0.39, 0.29) is 11.5 Å². The Hall–Kier alpha value is -2.86. The van der Waals surface area contributed by atoms with Crippen LogP contribution in [0.4, 0.5) is 0 Å². The Bertz CT molecular complexity index is 921. The number of H-pyrrole nitrogens is 1. The summed E-state index contributed by atoms with van der Waals surface area (Å²) in [5, 5.41) is 7.21. The molecule has 2 aromatic heterocycles. The number of aromatic nitrogens is 3. The van der Waals surface area contributed by atoms with Crippen molar-refractivity contribution in [2.24, 2.45) is 7.05 Å². The zero-order valence-electron chi connectivity index (χ0n) is 15.7. The van der Waals surface area contributed by atoms with Crippen LogP contribution >= 0.6 is 0 Å². The van der Waals surface area contributed by atoms with Gasteiger partial charge in [-0.2, -0.15) is 5.10 Å². The molecule has 6 heteroatoms. The molecule has 27 heavy (non-hydrogen) atoms. The lowest BCUT2D eigenvalue weighted by Gasteiger charge is -2.41. The van der Waals surface area contributed by atoms with E-state index >= 15 is 0 Å². The highest BCUT2D eigenvalue weighted by molar-refractivity contribution is 5.93. The third-order valence-corrected chi connectivity index (χ3v) is 5.56. The first kappa shape index (κ1) is 17.5. The Morgan fingerprint density at radius 2 is 1.89 bits per heavy atom. The summed E-state index contributed by atoms with van der Waals surface area (Å²) in [4.78, 5) is 14.8. The van der Waals surface area contributed by atoms with Crippen molar-refractivity contribution in [1.29, 1.82) is 0 Å². The highest BCUT2D eigenvalue weighted by atomic mass is 16.5. The molecule has 1 fully saturated rings. The second-order valence-corrected chi connectivity index (χ2v) is 7.03. The average molecular weight is 364 g/mol. The van der Waals surface area contributed by atoms with Gasteiger partial charge in [-0.25, -0.2) is 0 Å². The van der Waals surface area contributed by atoms with Crippen molar-refractivity contribution in [2.75, 3.05) is 20.2 Å². The van der Waals surface area contributed by atoms with E-state index in [9.17, 15) is 4.79 Å². The summed E-state index contributed by atoms with van der Waals surface area (Å²) in [6, 6.07) is 16.0. The number of likely N-dealkylation sites (tertiary alicyclic amines) is 1. The second-order valence-electron chi connectivity index (χ2n) is 7.03. The Labute approximate surface area is 158 Å². The predicted molar refractivity (Wildman–Crippen MR) is 103 cm³/mol. The van der Waals surface area contributed by atoms with Gasteiger partial charge in [0.15, 0.2) is 0 Å². The van der Waals surface area contributed by atoms with Gasteiger partial charge in [-0.15, -0.1) is 0 Å². The highest BCUT2D eigenvalue weighted by Gasteiger charge is 2.37. The van der Waals surface area contributed by atoms with Gasteiger partial charge in [0, 0.05) is 33.4 Å². The lowest BCUT2D eigenvalue weighted by atomic mass is 9.84. The Morgan fingerprint density at radius 1 is 1.15 bits per heavy atom. The van der Waals surface area contributed by atoms with Crippen molar-refractivity contribution >= 4 is 5.91 Å². The van der Waals surface area contributed by atoms with Crippen LogP contribution in [0.3, 0.4) is 0 Å². The van der Waals surface area contributed by atoms with Crippen molar-refractivity contribution in [3.05, 3.63) is 66.0 Å². The molecule has 6 nitrogen and oxygen atoms in total. The first-order valence-electron chi connectivity index (χ1n) is 9.20. The highest BCUT2D eigenvalue weighted by Crippen LogP contribution is 2.36. The third kappa shape index (κ3) is 3.17. The van der Waals surface area contributed by atoms with Crippen molar-refractivity contribution in [3.63, 3.8) is 0 Å². The van der Waals surface area contributed by atoms with Crippen LogP contribution in [0.15, 0.2) is 54.7 Å². The molecular formula is C21H24N4O2. The molecule has 0 spiro atoms. The van der Waals surface area contributed by atoms with Crippen LogP contribution in [-0.2, 0) is 17.4 Å². The van der Waals surface area contributed by atoms with E-state index in [0.717, 1.165) is 24.2 Å². The van der Waals surface area contributed by atoms with E-state index in [1.54, 1.807) is 7.11 Å². The summed E-state index contributed by atoms with van der Waals surface area (Å²) in [7, 11) is 3.72. The first-order chi connectivity index (χ1) is 13.1. The molecule has 1 amide bonds. The summed E-state index contributed by atoms with van der Waals surface area (Å²) >= 11 is 0. The minimum absolute atomic E-state index is 0.0132. The molecule has 0 radical (unpaired) electrons. The maximum Gasteiger partial charge on any atom is 0.271 e. The van der Waals surface area contributed by atoms with Gasteiger partial charge in [-0.1, -0.05) is 30.3 Å². The lowest BCUT2D eigenvalue weighted by molar-refractivity contribution is -0.0575. The molecule has 4 rings (SSSR count). The molecule has 3 aromatic rings. The predicted octanol–water partition coefficient (Wildman–Crippen LogP) is 3.19. The molecule has 3 heterocycles. The minimum Gasteiger partial charge on any atom is -0.373 e. The van der Waals surface area contributed by atoms with Crippen LogP contribution in [0.25, 0.3) is 11.4 Å². The van der Waals surface area contributed by atoms with Crippen LogP contribution in [-0.4, -0.2) is 45.8 Å². The standard InChI is InChI=1S/C21H24N4O2/c1-24-12-6-9-19(24)17-15-18(23-22-17)20(26)25-13-10-21(27-2,11-14-25)16-7-4-3-5-8-16/h3-9,12,15H,10-11,13-14H2,1-2H3,(H,22,23). The molecule has 140 valence electrons. The zero-order chi connectivity index (χ0) is 18.9. The van der Waals surface area contributed by atoms with Crippen molar-refractivity contribution < 1.29 is 9.53 Å². The smallest absolute Gasteiger partial charge is 0.271 e. The number of carbonyl (C=O) groups excluding carboxylic acids is 1. The molecule has 0 unspecified atom stereocenters. The van der Waals surface area contributed by atoms with Gasteiger partial charge in [0.25, 0.3) is 5.91 Å². The number of aryl methyl sites for hydroxylation is 1. The molecule has 1 aliphatic rings. The SMILES string of the molecule is COC1(c2ccccc2)CCN(C(=O)c2cc(-c3cccn3C)n[nH]2)CC1. The van der Waals surface area contributed by atoms with Gasteiger partial charge in [-0.3, -0.25) is 9.89 Å². The van der Waals surface area contributed by atoms with E-state index in [1.165, 1.54) is 5.56 Å². The van der Waals surface area contributed by atoms with Crippen LogP contribution in [0.1, 0.15) is 28.9 Å². The van der Waals surface area contributed by atoms with Gasteiger partial charge in [0.1, 0.15) is 11.4 Å². The Kier molecular flexibility index (Phi) is 4.58. The van der Waals surface area contributed by atoms with E-state index in [1.807, 2.05) is 59.1 Å². The van der Waals surface area contributed by atoms with Gasteiger partial charge in [-0.05, 0) is 36.6 Å². The normalized spacial score (nSPS) is 16.4. The Balaban J connectivity index is 1.48. The number of carbonyl (C=O) groups is 1. The summed E-state index contributed by atoms with van der Waals surface area (Å²) in [6.45, 7) is 1.31. The third-order valence-electron chi connectivity index (χ3n) is 5.56. The molecule has 1 saturated heterocycles. The molecule has 1 aromatic carbocycles. The topological polar surface area (TPSA) is 63.1 Å². The van der Waals surface area contributed by atoms with Crippen molar-refractivity contribution in [2.45, 2.75) is 18.4 Å². The van der Waals surface area contributed by atoms with Crippen LogP contribution in [0, 0.1) is 0 Å². The monoisotopic (exact) mass is 364 g/mol. The largest absolute Gasteiger partial charge is 0.373 e. The molecule has 0 bridgehead atoms. The fraction of sp³-hybridized carbons (Fsp3) is 0.333. The maximum atomic E-state index is 12.9. The number of aromatic amines is 1. The number of nitrogens with zero attached hydrogens (tertiary/aromatic N) is 3. The maximum absolute atomic E-state index is 12.9. The number of benzene rings is 1. The quantitative estimate of drug-likeness (QED) is 0.773. The number of piperidine rings is 1. The van der Waals surface area contributed by atoms with Crippen molar-refractivity contribution in [1.82, 2.24) is 19.7 Å². The van der Waals surface area contributed by atoms with Gasteiger partial charge < -0.3 is 14.2 Å². The van der Waals surface area contributed by atoms with E-state index < -0.39 is 0 Å². The fourth-order valence-corrected chi connectivity index (χ4v) is 3.88. The number of amides is 1. The molecule has 0 aliphatic carbocycles. The summed E-state index contributed by atoms with van der Waals surface area (Å²) < 4.78 is 7.89. The van der Waals surface area contributed by atoms with E-state index in [2.05, 4.69) is 22.3 Å².